The van der Waals surface area contributed by atoms with Crippen molar-refractivity contribution in [1.29, 1.82) is 0 Å². The van der Waals surface area contributed by atoms with Gasteiger partial charge in [0.2, 0.25) is 23.6 Å². The summed E-state index contributed by atoms with van der Waals surface area (Å²) in [7, 11) is 0. The van der Waals surface area contributed by atoms with Crippen molar-refractivity contribution in [3.63, 3.8) is 0 Å². The maximum atomic E-state index is 12.8. The van der Waals surface area contributed by atoms with E-state index < -0.39 is 84.1 Å². The first-order valence-corrected chi connectivity index (χ1v) is 17.2. The van der Waals surface area contributed by atoms with E-state index in [2.05, 4.69) is 35.8 Å². The molecule has 1 rings (SSSR count). The highest BCUT2D eigenvalue weighted by atomic mass is 32.2. The van der Waals surface area contributed by atoms with E-state index in [0.29, 0.717) is 11.5 Å². The molecule has 0 spiro atoms. The van der Waals surface area contributed by atoms with Crippen LogP contribution in [-0.2, 0) is 35.5 Å². The Hall–Kier alpha value is -5.18. The number of benzene rings is 1. The van der Waals surface area contributed by atoms with Crippen molar-refractivity contribution in [2.45, 2.75) is 64.6 Å². The number of urea groups is 5. The summed E-state index contributed by atoms with van der Waals surface area (Å²) in [6.07, 6.45) is -0.767. The van der Waals surface area contributed by atoms with Gasteiger partial charge in [-0.15, -0.1) is 0 Å². The molecule has 0 aliphatic rings. The number of amides is 15. The van der Waals surface area contributed by atoms with Crippen molar-refractivity contribution in [2.24, 2.45) is 11.7 Å². The molecule has 3 atom stereocenters. The lowest BCUT2D eigenvalue weighted by molar-refractivity contribution is -0.133. The van der Waals surface area contributed by atoms with Gasteiger partial charge in [-0.3, -0.25) is 55.9 Å². The number of carbonyl (C=O) groups is 10. The van der Waals surface area contributed by atoms with Gasteiger partial charge < -0.3 is 16.4 Å². The van der Waals surface area contributed by atoms with Crippen molar-refractivity contribution >= 4 is 83.2 Å². The van der Waals surface area contributed by atoms with E-state index in [9.17, 15) is 47.9 Å². The van der Waals surface area contributed by atoms with E-state index in [1.807, 2.05) is 18.7 Å². The quantitative estimate of drug-likeness (QED) is 0.124. The third-order valence-corrected chi connectivity index (χ3v) is 8.20. The Bertz CT molecular complexity index is 1490. The zero-order valence-corrected chi connectivity index (χ0v) is 29.6. The number of nitrogens with one attached hydrogen (secondary N) is 8. The first-order valence-electron chi connectivity index (χ1n) is 14.9. The smallest absolute Gasteiger partial charge is 0.330 e. The molecule has 0 aliphatic heterocycles. The molecule has 21 heteroatoms. The number of imide groups is 6. The molecule has 0 aliphatic carbocycles. The Kier molecular flexibility index (Phi) is 18.6. The third kappa shape index (κ3) is 17.8. The molecule has 0 bridgehead atoms. The Labute approximate surface area is 295 Å². The highest BCUT2D eigenvalue weighted by Crippen LogP contribution is 2.21. The minimum absolute atomic E-state index is 0.438. The normalized spacial score (nSPS) is 12.1. The molecule has 10 N–H and O–H groups in total. The SMILES string of the molecule is CCSCc1cc(C)cc(CSC[C@@H](C)C(=O)N[C@H](C)C(=O)N[C@@H](CC(N)=O)C(=O)NC(=O)NC(=O)NC(=O)NC(=O)NC(=O)NC(C)=O)c1. The highest BCUT2D eigenvalue weighted by Gasteiger charge is 2.28. The fourth-order valence-electron chi connectivity index (χ4n) is 3.82. The second-order valence-electron chi connectivity index (χ2n) is 10.7. The van der Waals surface area contributed by atoms with Crippen LogP contribution in [0.2, 0.25) is 0 Å². The summed E-state index contributed by atoms with van der Waals surface area (Å²) < 4.78 is 0. The van der Waals surface area contributed by atoms with Crippen LogP contribution >= 0.6 is 23.5 Å². The largest absolute Gasteiger partial charge is 0.370 e. The number of primary amides is 1. The molecule has 0 unspecified atom stereocenters. The van der Waals surface area contributed by atoms with Crippen molar-refractivity contribution in [1.82, 2.24) is 42.5 Å². The van der Waals surface area contributed by atoms with E-state index in [1.165, 1.54) is 33.8 Å². The van der Waals surface area contributed by atoms with Gasteiger partial charge >= 0.3 is 30.2 Å². The second-order valence-corrected chi connectivity index (χ2v) is 13.0. The van der Waals surface area contributed by atoms with Crippen LogP contribution in [0.25, 0.3) is 0 Å². The summed E-state index contributed by atoms with van der Waals surface area (Å²) in [5.41, 5.74) is 8.69. The van der Waals surface area contributed by atoms with Crippen molar-refractivity contribution < 1.29 is 47.9 Å². The standard InChI is InChI=1S/C29H41N9O10S2/c1-6-49-12-18-7-14(2)8-19(9-18)13-50-11-15(3)22(41)31-16(4)23(42)33-20(10-21(30)40)24(43)34-26(45)36-28(47)38-29(48)37-27(46)35-25(44)32-17(5)39/h7-9,15-16,20H,6,10-13H2,1-5H3,(H2,30,40)(H,31,41)(H,33,42)(H6,32,34,35,36,37,38,39,43,44,45,46,47,48)/t15-,16-,20+/m1/s1. The van der Waals surface area contributed by atoms with Gasteiger partial charge in [0.15, 0.2) is 0 Å². The number of hydrogen-bond donors (Lipinski definition) is 9. The van der Waals surface area contributed by atoms with E-state index in [-0.39, 0.29) is 0 Å². The van der Waals surface area contributed by atoms with Crippen LogP contribution in [0.3, 0.4) is 0 Å². The van der Waals surface area contributed by atoms with Gasteiger partial charge in [0.1, 0.15) is 12.1 Å². The van der Waals surface area contributed by atoms with Gasteiger partial charge in [0.05, 0.1) is 6.42 Å². The fourth-order valence-corrected chi connectivity index (χ4v) is 5.45. The van der Waals surface area contributed by atoms with Crippen LogP contribution < -0.4 is 48.3 Å². The fraction of sp³-hybridized carbons (Fsp3) is 0.448. The molecule has 0 fully saturated rings. The maximum absolute atomic E-state index is 12.8. The molecule has 1 aromatic rings. The molecule has 15 amide bonds. The van der Waals surface area contributed by atoms with E-state index >= 15 is 0 Å². The van der Waals surface area contributed by atoms with Crippen molar-refractivity contribution in [3.05, 3.63) is 34.9 Å². The molecule has 50 heavy (non-hydrogen) atoms. The van der Waals surface area contributed by atoms with Crippen LogP contribution in [0.1, 0.15) is 50.8 Å². The number of nitrogens with two attached hydrogens (primary N) is 1. The Morgan fingerprint density at radius 3 is 1.62 bits per heavy atom. The maximum Gasteiger partial charge on any atom is 0.330 e. The number of thioether (sulfide) groups is 2. The summed E-state index contributed by atoms with van der Waals surface area (Å²) in [6.45, 7) is 8.14. The molecular weight excluding hydrogens is 699 g/mol. The van der Waals surface area contributed by atoms with Gasteiger partial charge in [0, 0.05) is 30.1 Å². The summed E-state index contributed by atoms with van der Waals surface area (Å²) in [6, 6.07) is -3.77. The lowest BCUT2D eigenvalue weighted by Gasteiger charge is -2.21. The second kappa shape index (κ2) is 21.7. The van der Waals surface area contributed by atoms with Crippen LogP contribution in [0.4, 0.5) is 24.0 Å². The van der Waals surface area contributed by atoms with E-state index in [0.717, 1.165) is 29.6 Å². The topological polar surface area (TPSA) is 293 Å². The Morgan fingerprint density at radius 1 is 0.660 bits per heavy atom. The predicted octanol–water partition coefficient (Wildman–Crippen LogP) is 0.193. The van der Waals surface area contributed by atoms with Gasteiger partial charge in [-0.05, 0) is 30.7 Å². The average Bonchev–Trinajstić information content (AvgIpc) is 2.97. The molecule has 0 saturated carbocycles. The highest BCUT2D eigenvalue weighted by molar-refractivity contribution is 7.98. The lowest BCUT2D eigenvalue weighted by atomic mass is 10.1. The predicted molar refractivity (Wildman–Crippen MR) is 183 cm³/mol. The monoisotopic (exact) mass is 739 g/mol. The summed E-state index contributed by atoms with van der Waals surface area (Å²) in [4.78, 5) is 119. The molecule has 0 radical (unpaired) electrons. The first-order chi connectivity index (χ1) is 23.4. The molecular formula is C29H41N9O10S2. The Balaban J connectivity index is 2.62. The minimum atomic E-state index is -1.70. The Morgan fingerprint density at radius 2 is 1.14 bits per heavy atom. The molecule has 274 valence electrons. The first kappa shape index (κ1) is 42.8. The van der Waals surface area contributed by atoms with E-state index in [4.69, 9.17) is 5.73 Å². The minimum Gasteiger partial charge on any atom is -0.370 e. The third-order valence-electron chi connectivity index (χ3n) is 5.98. The van der Waals surface area contributed by atoms with Gasteiger partial charge in [-0.25, -0.2) is 24.0 Å². The van der Waals surface area contributed by atoms with Gasteiger partial charge in [-0.2, -0.15) is 23.5 Å². The number of hydrogen-bond acceptors (Lipinski definition) is 12. The summed E-state index contributed by atoms with van der Waals surface area (Å²) >= 11 is 3.39. The van der Waals surface area contributed by atoms with Crippen LogP contribution in [-0.4, -0.2) is 83.3 Å². The zero-order chi connectivity index (χ0) is 38.0. The van der Waals surface area contributed by atoms with Crippen molar-refractivity contribution in [3.8, 4) is 0 Å². The number of aryl methyl sites for hydroxylation is 1. The molecule has 0 aromatic heterocycles. The average molecular weight is 740 g/mol. The number of carbonyl (C=O) groups excluding carboxylic acids is 10. The van der Waals surface area contributed by atoms with Gasteiger partial charge in [-0.1, -0.05) is 37.6 Å². The molecule has 1 aromatic carbocycles. The van der Waals surface area contributed by atoms with Crippen LogP contribution in [0, 0.1) is 12.8 Å². The van der Waals surface area contributed by atoms with Gasteiger partial charge in [0.25, 0.3) is 5.91 Å². The number of rotatable bonds is 14. The zero-order valence-electron chi connectivity index (χ0n) is 28.0. The molecule has 0 heterocycles. The summed E-state index contributed by atoms with van der Waals surface area (Å²) in [5, 5.41) is 14.1. The molecule has 0 saturated heterocycles. The van der Waals surface area contributed by atoms with E-state index in [1.54, 1.807) is 29.3 Å². The summed E-state index contributed by atoms with van der Waals surface area (Å²) in [5.74, 6) is -1.87. The van der Waals surface area contributed by atoms with Crippen LogP contribution in [0.5, 0.6) is 0 Å². The molecule has 19 nitrogen and oxygen atoms in total. The van der Waals surface area contributed by atoms with Crippen LogP contribution in [0.15, 0.2) is 18.2 Å². The lowest BCUT2D eigenvalue weighted by Crippen LogP contribution is -2.57. The van der Waals surface area contributed by atoms with Crippen molar-refractivity contribution in [2.75, 3.05) is 11.5 Å².